The highest BCUT2D eigenvalue weighted by atomic mass is 16.4. The Kier molecular flexibility index (Phi) is 6.50. The summed E-state index contributed by atoms with van der Waals surface area (Å²) in [7, 11) is 0. The maximum absolute atomic E-state index is 11.0. The molecule has 0 aliphatic rings. The molecule has 36 heavy (non-hydrogen) atoms. The van der Waals surface area contributed by atoms with Gasteiger partial charge in [0.05, 0.1) is 0 Å². The van der Waals surface area contributed by atoms with Crippen LogP contribution < -0.4 is 0 Å². The van der Waals surface area contributed by atoms with Gasteiger partial charge in [-0.1, -0.05) is 97.1 Å². The fourth-order valence-electron chi connectivity index (χ4n) is 4.93. The fourth-order valence-corrected chi connectivity index (χ4v) is 4.93. The van der Waals surface area contributed by atoms with Gasteiger partial charge in [0.15, 0.2) is 0 Å². The third-order valence-corrected chi connectivity index (χ3v) is 6.67. The van der Waals surface area contributed by atoms with E-state index in [1.165, 1.54) is 0 Å². The number of fused-ring (bicyclic) bond motifs is 2. The Morgan fingerprint density at radius 1 is 0.472 bits per heavy atom. The van der Waals surface area contributed by atoms with Gasteiger partial charge >= 0.3 is 11.9 Å². The van der Waals surface area contributed by atoms with Crippen LogP contribution in [0, 0.1) is 0 Å². The summed E-state index contributed by atoms with van der Waals surface area (Å²) in [4.78, 5) is 21.9. The zero-order chi connectivity index (χ0) is 25.1. The molecule has 0 radical (unpaired) electrons. The van der Waals surface area contributed by atoms with E-state index >= 15 is 0 Å². The second-order valence-corrected chi connectivity index (χ2v) is 9.02. The largest absolute Gasteiger partial charge is 0.481 e. The van der Waals surface area contributed by atoms with E-state index in [1.807, 2.05) is 24.3 Å². The molecule has 0 bridgehead atoms. The van der Waals surface area contributed by atoms with E-state index in [1.54, 1.807) is 0 Å². The number of hydrogen-bond acceptors (Lipinski definition) is 2. The maximum Gasteiger partial charge on any atom is 0.303 e. The van der Waals surface area contributed by atoms with Gasteiger partial charge < -0.3 is 10.2 Å². The quantitative estimate of drug-likeness (QED) is 0.230. The van der Waals surface area contributed by atoms with Gasteiger partial charge in [-0.15, -0.1) is 0 Å². The summed E-state index contributed by atoms with van der Waals surface area (Å²) in [6.45, 7) is 0. The Bertz CT molecular complexity index is 1390. The highest BCUT2D eigenvalue weighted by Crippen LogP contribution is 2.43. The van der Waals surface area contributed by atoms with Crippen molar-refractivity contribution in [1.82, 2.24) is 0 Å². The van der Waals surface area contributed by atoms with Gasteiger partial charge in [-0.25, -0.2) is 0 Å². The summed E-state index contributed by atoms with van der Waals surface area (Å²) in [5.41, 5.74) is 6.53. The predicted molar refractivity (Wildman–Crippen MR) is 144 cm³/mol. The standard InChI is InChI=1S/C32H26O4/c33-29(34)19-13-21-9-15-23(16-10-21)31-25-5-1-2-6-26(25)32(28-8-4-3-7-27(28)31)24-17-11-22(12-18-24)14-20-30(35)36/h1-12,15-18H,13-14,19-20H2,(H,33,34)(H,35,36). The van der Waals surface area contributed by atoms with Crippen molar-refractivity contribution in [2.45, 2.75) is 25.7 Å². The molecule has 5 rings (SSSR count). The fraction of sp³-hybridized carbons (Fsp3) is 0.125. The summed E-state index contributed by atoms with van der Waals surface area (Å²) >= 11 is 0. The van der Waals surface area contributed by atoms with Crippen LogP contribution in [0.15, 0.2) is 97.1 Å². The first-order valence-electron chi connectivity index (χ1n) is 12.1. The van der Waals surface area contributed by atoms with Crippen molar-refractivity contribution in [3.05, 3.63) is 108 Å². The summed E-state index contributed by atoms with van der Waals surface area (Å²) in [6, 6.07) is 33.3. The lowest BCUT2D eigenvalue weighted by atomic mass is 9.85. The predicted octanol–water partition coefficient (Wildman–Crippen LogP) is 7.36. The Hall–Kier alpha value is -4.44. The number of carboxylic acids is 2. The molecule has 0 heterocycles. The number of benzene rings is 5. The average Bonchev–Trinajstić information content (AvgIpc) is 2.90. The Morgan fingerprint density at radius 2 is 0.778 bits per heavy atom. The van der Waals surface area contributed by atoms with Crippen molar-refractivity contribution in [2.75, 3.05) is 0 Å². The first kappa shape index (κ1) is 23.3. The molecular formula is C32H26O4. The molecule has 5 aromatic rings. The van der Waals surface area contributed by atoms with Gasteiger partial charge in [0.2, 0.25) is 0 Å². The molecule has 0 aliphatic heterocycles. The highest BCUT2D eigenvalue weighted by molar-refractivity contribution is 6.21. The number of aliphatic carboxylic acids is 2. The van der Waals surface area contributed by atoms with Crippen LogP contribution >= 0.6 is 0 Å². The van der Waals surface area contributed by atoms with E-state index < -0.39 is 11.9 Å². The summed E-state index contributed by atoms with van der Waals surface area (Å²) in [5, 5.41) is 22.6. The molecule has 5 aromatic carbocycles. The summed E-state index contributed by atoms with van der Waals surface area (Å²) in [6.07, 6.45) is 1.26. The van der Waals surface area contributed by atoms with Gasteiger partial charge in [-0.2, -0.15) is 0 Å². The first-order chi connectivity index (χ1) is 17.5. The average molecular weight is 475 g/mol. The molecule has 0 atom stereocenters. The zero-order valence-electron chi connectivity index (χ0n) is 19.8. The molecule has 0 aromatic heterocycles. The summed E-state index contributed by atoms with van der Waals surface area (Å²) < 4.78 is 0. The Labute approximate surface area is 209 Å². The lowest BCUT2D eigenvalue weighted by molar-refractivity contribution is -0.138. The Morgan fingerprint density at radius 3 is 1.06 bits per heavy atom. The van der Waals surface area contributed by atoms with Crippen molar-refractivity contribution in [3.8, 4) is 22.3 Å². The monoisotopic (exact) mass is 474 g/mol. The van der Waals surface area contributed by atoms with Crippen LogP contribution in [-0.4, -0.2) is 22.2 Å². The molecular weight excluding hydrogens is 448 g/mol. The van der Waals surface area contributed by atoms with Crippen LogP contribution in [-0.2, 0) is 22.4 Å². The smallest absolute Gasteiger partial charge is 0.303 e. The lowest BCUT2D eigenvalue weighted by Gasteiger charge is -2.18. The number of hydrogen-bond donors (Lipinski definition) is 2. The van der Waals surface area contributed by atoms with Crippen molar-refractivity contribution >= 4 is 33.5 Å². The molecule has 0 unspecified atom stereocenters. The van der Waals surface area contributed by atoms with Crippen LogP contribution in [0.5, 0.6) is 0 Å². The van der Waals surface area contributed by atoms with Crippen LogP contribution in [0.3, 0.4) is 0 Å². The van der Waals surface area contributed by atoms with Gasteiger partial charge in [-0.3, -0.25) is 9.59 Å². The molecule has 4 heteroatoms. The SMILES string of the molecule is O=C(O)CCc1ccc(-c2c3ccccc3c(-c3ccc(CCC(=O)O)cc3)c3ccccc23)cc1. The van der Waals surface area contributed by atoms with E-state index in [-0.39, 0.29) is 12.8 Å². The molecule has 2 N–H and O–H groups in total. The van der Waals surface area contributed by atoms with Crippen molar-refractivity contribution in [1.29, 1.82) is 0 Å². The number of carboxylic acid groups (broad SMARTS) is 2. The number of carbonyl (C=O) groups is 2. The van der Waals surface area contributed by atoms with Crippen LogP contribution in [0.1, 0.15) is 24.0 Å². The molecule has 0 spiro atoms. The second-order valence-electron chi connectivity index (χ2n) is 9.02. The molecule has 0 amide bonds. The third kappa shape index (κ3) is 4.71. The maximum atomic E-state index is 11.0. The van der Waals surface area contributed by atoms with E-state index in [2.05, 4.69) is 72.8 Å². The minimum atomic E-state index is -0.790. The van der Waals surface area contributed by atoms with Crippen LogP contribution in [0.4, 0.5) is 0 Å². The number of rotatable bonds is 8. The lowest BCUT2D eigenvalue weighted by Crippen LogP contribution is -1.97. The molecule has 0 aliphatic carbocycles. The number of aryl methyl sites for hydroxylation is 2. The van der Waals surface area contributed by atoms with Crippen LogP contribution in [0.2, 0.25) is 0 Å². The van der Waals surface area contributed by atoms with E-state index in [9.17, 15) is 9.59 Å². The minimum absolute atomic E-state index is 0.120. The van der Waals surface area contributed by atoms with Crippen molar-refractivity contribution in [2.24, 2.45) is 0 Å². The van der Waals surface area contributed by atoms with Gasteiger partial charge in [0.1, 0.15) is 0 Å². The minimum Gasteiger partial charge on any atom is -0.481 e. The molecule has 0 fully saturated rings. The van der Waals surface area contributed by atoms with Crippen LogP contribution in [0.25, 0.3) is 43.8 Å². The van der Waals surface area contributed by atoms with E-state index in [0.717, 1.165) is 54.9 Å². The zero-order valence-corrected chi connectivity index (χ0v) is 19.8. The molecule has 0 saturated carbocycles. The normalized spacial score (nSPS) is 11.1. The van der Waals surface area contributed by atoms with E-state index in [0.29, 0.717) is 12.8 Å². The van der Waals surface area contributed by atoms with E-state index in [4.69, 9.17) is 10.2 Å². The molecule has 0 saturated heterocycles. The van der Waals surface area contributed by atoms with Crippen molar-refractivity contribution < 1.29 is 19.8 Å². The Balaban J connectivity index is 1.66. The third-order valence-electron chi connectivity index (χ3n) is 6.67. The van der Waals surface area contributed by atoms with Gasteiger partial charge in [0, 0.05) is 12.8 Å². The highest BCUT2D eigenvalue weighted by Gasteiger charge is 2.16. The molecule has 4 nitrogen and oxygen atoms in total. The van der Waals surface area contributed by atoms with Gasteiger partial charge in [0.25, 0.3) is 0 Å². The second kappa shape index (κ2) is 10.0. The first-order valence-corrected chi connectivity index (χ1v) is 12.1. The molecule has 178 valence electrons. The summed E-state index contributed by atoms with van der Waals surface area (Å²) in [5.74, 6) is -1.58. The van der Waals surface area contributed by atoms with Crippen molar-refractivity contribution in [3.63, 3.8) is 0 Å². The van der Waals surface area contributed by atoms with Gasteiger partial charge in [-0.05, 0) is 67.8 Å². The topological polar surface area (TPSA) is 74.6 Å².